The Morgan fingerprint density at radius 2 is 1.77 bits per heavy atom. The van der Waals surface area contributed by atoms with E-state index in [0.29, 0.717) is 22.6 Å². The maximum atomic E-state index is 11.7. The van der Waals surface area contributed by atoms with Crippen LogP contribution in [0.3, 0.4) is 0 Å². The number of nitrogens with two attached hydrogens (primary N) is 1. The van der Waals surface area contributed by atoms with Crippen molar-refractivity contribution in [2.75, 3.05) is 12.8 Å². The topological polar surface area (TPSA) is 65.2 Å². The molecule has 2 rings (SSSR count). The average Bonchev–Trinajstić information content (AvgIpc) is 2.47. The number of anilines is 1. The molecule has 2 N–H and O–H groups in total. The zero-order valence-electron chi connectivity index (χ0n) is 13.7. The molecule has 22 heavy (non-hydrogen) atoms. The molecular formula is C18H22N2O2. The fraction of sp³-hybridized carbons (Fsp3) is 0.333. The number of aryl methyl sites for hydroxylation is 1. The quantitative estimate of drug-likeness (QED) is 0.858. The lowest BCUT2D eigenvalue weighted by Gasteiger charge is -2.19. The van der Waals surface area contributed by atoms with Crippen LogP contribution in [0.4, 0.5) is 5.69 Å². The molecule has 0 bridgehead atoms. The second-order valence-electron chi connectivity index (χ2n) is 6.38. The maximum Gasteiger partial charge on any atom is 0.339 e. The second kappa shape index (κ2) is 5.79. The first-order valence-electron chi connectivity index (χ1n) is 7.20. The van der Waals surface area contributed by atoms with Gasteiger partial charge in [-0.1, -0.05) is 45.0 Å². The summed E-state index contributed by atoms with van der Waals surface area (Å²) in [6, 6.07) is 9.81. The van der Waals surface area contributed by atoms with Crippen LogP contribution in [0.5, 0.6) is 0 Å². The molecule has 0 amide bonds. The molecule has 1 heterocycles. The number of nitrogens with zero attached hydrogens (tertiary/aromatic N) is 1. The predicted octanol–water partition coefficient (Wildman–Crippen LogP) is 3.72. The van der Waals surface area contributed by atoms with Gasteiger partial charge in [0, 0.05) is 5.56 Å². The minimum Gasteiger partial charge on any atom is -0.465 e. The molecule has 1 aromatic carbocycles. The summed E-state index contributed by atoms with van der Waals surface area (Å²) in [5.41, 5.74) is 10.5. The fourth-order valence-corrected chi connectivity index (χ4v) is 2.30. The lowest BCUT2D eigenvalue weighted by Crippen LogP contribution is -2.11. The first-order valence-corrected chi connectivity index (χ1v) is 7.20. The van der Waals surface area contributed by atoms with E-state index in [2.05, 4.69) is 37.9 Å². The van der Waals surface area contributed by atoms with Crippen LogP contribution in [0.1, 0.15) is 42.4 Å². The number of hydrogen-bond donors (Lipinski definition) is 1. The third-order valence-electron chi connectivity index (χ3n) is 3.67. The molecule has 4 nitrogen and oxygen atoms in total. The van der Waals surface area contributed by atoms with Gasteiger partial charge in [-0.15, -0.1) is 0 Å². The molecule has 0 fully saturated rings. The maximum absolute atomic E-state index is 11.7. The molecular weight excluding hydrogens is 276 g/mol. The molecule has 1 aromatic heterocycles. The first-order chi connectivity index (χ1) is 10.2. The van der Waals surface area contributed by atoms with Crippen molar-refractivity contribution in [1.29, 1.82) is 0 Å². The zero-order chi connectivity index (χ0) is 16.5. The number of rotatable bonds is 2. The first kappa shape index (κ1) is 16.0. The Hall–Kier alpha value is -2.36. The Labute approximate surface area is 131 Å². The van der Waals surface area contributed by atoms with Gasteiger partial charge in [0.25, 0.3) is 0 Å². The number of benzene rings is 1. The third kappa shape index (κ3) is 3.11. The third-order valence-corrected chi connectivity index (χ3v) is 3.67. The molecule has 0 aliphatic rings. The van der Waals surface area contributed by atoms with Crippen LogP contribution < -0.4 is 5.73 Å². The van der Waals surface area contributed by atoms with Crippen molar-refractivity contribution in [3.05, 3.63) is 47.2 Å². The van der Waals surface area contributed by atoms with Gasteiger partial charge in [0.15, 0.2) is 0 Å². The highest BCUT2D eigenvalue weighted by molar-refractivity contribution is 5.93. The van der Waals surface area contributed by atoms with Crippen molar-refractivity contribution in [2.24, 2.45) is 0 Å². The van der Waals surface area contributed by atoms with E-state index < -0.39 is 5.97 Å². The van der Waals surface area contributed by atoms with Crippen molar-refractivity contribution in [3.8, 4) is 11.3 Å². The number of carbonyl (C=O) groups is 1. The van der Waals surface area contributed by atoms with Gasteiger partial charge in [0.05, 0.1) is 29.7 Å². The van der Waals surface area contributed by atoms with Crippen LogP contribution in [-0.2, 0) is 10.2 Å². The number of nitrogen functional groups attached to an aromatic ring is 1. The standard InChI is InChI=1S/C18H22N2O2/c1-11-14(17(21)22-5)10-15(19)16(20-11)12-6-8-13(9-7-12)18(2,3)4/h6-10H,19H2,1-5H3. The summed E-state index contributed by atoms with van der Waals surface area (Å²) in [7, 11) is 1.34. The lowest BCUT2D eigenvalue weighted by atomic mass is 9.86. The number of esters is 1. The second-order valence-corrected chi connectivity index (χ2v) is 6.38. The van der Waals surface area contributed by atoms with Crippen LogP contribution in [0.25, 0.3) is 11.3 Å². The summed E-state index contributed by atoms with van der Waals surface area (Å²) in [6.07, 6.45) is 0. The van der Waals surface area contributed by atoms with Crippen LogP contribution >= 0.6 is 0 Å². The average molecular weight is 298 g/mol. The summed E-state index contributed by atoms with van der Waals surface area (Å²) in [6.45, 7) is 8.29. The molecule has 116 valence electrons. The molecule has 0 aliphatic heterocycles. The number of pyridine rings is 1. The van der Waals surface area contributed by atoms with Gasteiger partial charge < -0.3 is 10.5 Å². The number of hydrogen-bond acceptors (Lipinski definition) is 4. The zero-order valence-corrected chi connectivity index (χ0v) is 13.7. The van der Waals surface area contributed by atoms with Gasteiger partial charge in [0.2, 0.25) is 0 Å². The molecule has 0 atom stereocenters. The Balaban J connectivity index is 2.45. The molecule has 0 spiro atoms. The molecule has 0 aliphatic carbocycles. The SMILES string of the molecule is COC(=O)c1cc(N)c(-c2ccc(C(C)(C)C)cc2)nc1C. The van der Waals surface area contributed by atoms with E-state index in [9.17, 15) is 4.79 Å². The van der Waals surface area contributed by atoms with Gasteiger partial charge in [-0.3, -0.25) is 4.98 Å². The molecule has 0 unspecified atom stereocenters. The summed E-state index contributed by atoms with van der Waals surface area (Å²) >= 11 is 0. The van der Waals surface area contributed by atoms with Gasteiger partial charge in [-0.2, -0.15) is 0 Å². The highest BCUT2D eigenvalue weighted by atomic mass is 16.5. The van der Waals surface area contributed by atoms with Gasteiger partial charge in [0.1, 0.15) is 0 Å². The van der Waals surface area contributed by atoms with Crippen molar-refractivity contribution in [1.82, 2.24) is 4.98 Å². The Kier molecular flexibility index (Phi) is 4.22. The van der Waals surface area contributed by atoms with Gasteiger partial charge >= 0.3 is 5.97 Å². The van der Waals surface area contributed by atoms with Crippen molar-refractivity contribution < 1.29 is 9.53 Å². The van der Waals surface area contributed by atoms with Crippen molar-refractivity contribution in [3.63, 3.8) is 0 Å². The van der Waals surface area contributed by atoms with E-state index in [0.717, 1.165) is 5.56 Å². The smallest absolute Gasteiger partial charge is 0.339 e. The highest BCUT2D eigenvalue weighted by Gasteiger charge is 2.16. The molecule has 0 saturated carbocycles. The summed E-state index contributed by atoms with van der Waals surface area (Å²) < 4.78 is 4.74. The number of ether oxygens (including phenoxy) is 1. The lowest BCUT2D eigenvalue weighted by molar-refractivity contribution is 0.0599. The minimum absolute atomic E-state index is 0.0994. The van der Waals surface area contributed by atoms with E-state index >= 15 is 0 Å². The van der Waals surface area contributed by atoms with Crippen molar-refractivity contribution >= 4 is 11.7 Å². The largest absolute Gasteiger partial charge is 0.465 e. The highest BCUT2D eigenvalue weighted by Crippen LogP contribution is 2.29. The number of methoxy groups -OCH3 is 1. The van der Waals surface area contributed by atoms with E-state index in [1.54, 1.807) is 13.0 Å². The van der Waals surface area contributed by atoms with Gasteiger partial charge in [-0.05, 0) is 24.0 Å². The summed E-state index contributed by atoms with van der Waals surface area (Å²) in [5, 5.41) is 0. The fourth-order valence-electron chi connectivity index (χ4n) is 2.30. The normalized spacial score (nSPS) is 11.3. The molecule has 2 aromatic rings. The van der Waals surface area contributed by atoms with E-state index in [4.69, 9.17) is 10.5 Å². The summed E-state index contributed by atoms with van der Waals surface area (Å²) in [4.78, 5) is 16.1. The monoisotopic (exact) mass is 298 g/mol. The number of carbonyl (C=O) groups excluding carboxylic acids is 1. The van der Waals surface area contributed by atoms with E-state index in [1.165, 1.54) is 12.7 Å². The van der Waals surface area contributed by atoms with Crippen LogP contribution in [0.2, 0.25) is 0 Å². The Bertz CT molecular complexity index is 698. The predicted molar refractivity (Wildman–Crippen MR) is 88.9 cm³/mol. The van der Waals surface area contributed by atoms with E-state index in [1.807, 2.05) is 12.1 Å². The van der Waals surface area contributed by atoms with Crippen LogP contribution in [-0.4, -0.2) is 18.1 Å². The van der Waals surface area contributed by atoms with Crippen LogP contribution in [0.15, 0.2) is 30.3 Å². The summed E-state index contributed by atoms with van der Waals surface area (Å²) in [5.74, 6) is -0.425. The van der Waals surface area contributed by atoms with Gasteiger partial charge in [-0.25, -0.2) is 4.79 Å². The Morgan fingerprint density at radius 3 is 2.27 bits per heavy atom. The molecule has 0 saturated heterocycles. The number of aromatic nitrogens is 1. The minimum atomic E-state index is -0.425. The Morgan fingerprint density at radius 1 is 1.18 bits per heavy atom. The molecule has 0 radical (unpaired) electrons. The molecule has 4 heteroatoms. The van der Waals surface area contributed by atoms with E-state index in [-0.39, 0.29) is 5.41 Å². The van der Waals surface area contributed by atoms with Crippen molar-refractivity contribution in [2.45, 2.75) is 33.1 Å². The van der Waals surface area contributed by atoms with Crippen LogP contribution in [0, 0.1) is 6.92 Å².